The lowest BCUT2D eigenvalue weighted by molar-refractivity contribution is 0.139. The first kappa shape index (κ1) is 12.5. The second kappa shape index (κ2) is 6.85. The van der Waals surface area contributed by atoms with Crippen molar-refractivity contribution >= 4 is 6.09 Å². The fraction of sp³-hybridized carbons (Fsp3) is 0.417. The molecule has 88 valence electrons. The van der Waals surface area contributed by atoms with Crippen LogP contribution in [0.4, 0.5) is 4.79 Å². The van der Waals surface area contributed by atoms with Crippen LogP contribution in [-0.2, 0) is 11.3 Å². The van der Waals surface area contributed by atoms with E-state index in [0.29, 0.717) is 13.2 Å². The highest BCUT2D eigenvalue weighted by molar-refractivity contribution is 5.67. The van der Waals surface area contributed by atoms with Crippen LogP contribution in [0.5, 0.6) is 0 Å². The van der Waals surface area contributed by atoms with Gasteiger partial charge in [0.25, 0.3) is 0 Å². The van der Waals surface area contributed by atoms with E-state index in [1.54, 1.807) is 0 Å². The summed E-state index contributed by atoms with van der Waals surface area (Å²) in [5.74, 6) is 0. The van der Waals surface area contributed by atoms with Crippen LogP contribution in [0.25, 0.3) is 0 Å². The molecular weight excluding hydrogens is 204 g/mol. The Morgan fingerprint density at radius 2 is 2.06 bits per heavy atom. The van der Waals surface area contributed by atoms with Crippen molar-refractivity contribution in [1.29, 1.82) is 0 Å². The molecule has 1 aromatic carbocycles. The molecule has 0 aliphatic carbocycles. The van der Waals surface area contributed by atoms with Crippen molar-refractivity contribution in [3.8, 4) is 0 Å². The minimum Gasteiger partial charge on any atom is -0.445 e. The number of carbonyl (C=O) groups excluding carboxylic acids is 1. The van der Waals surface area contributed by atoms with Crippen molar-refractivity contribution in [3.63, 3.8) is 0 Å². The Bertz CT molecular complexity index is 314. The number of rotatable bonds is 5. The first-order chi connectivity index (χ1) is 7.72. The van der Waals surface area contributed by atoms with E-state index in [0.717, 1.165) is 5.56 Å². The van der Waals surface area contributed by atoms with Gasteiger partial charge in [-0.15, -0.1) is 0 Å². The third kappa shape index (κ3) is 4.79. The van der Waals surface area contributed by atoms with E-state index in [4.69, 9.17) is 4.74 Å². The average Bonchev–Trinajstić information content (AvgIpc) is 2.34. The van der Waals surface area contributed by atoms with Crippen LogP contribution in [0.3, 0.4) is 0 Å². The second-order valence-electron chi connectivity index (χ2n) is 3.63. The molecule has 0 fully saturated rings. The average molecular weight is 222 g/mol. The largest absolute Gasteiger partial charge is 0.445 e. The number of nitrogens with one attached hydrogen (secondary N) is 2. The molecule has 0 bridgehead atoms. The SMILES string of the molecule is CN[C@@H](C)CNC(=O)OCc1ccccc1. The highest BCUT2D eigenvalue weighted by Gasteiger charge is 2.04. The van der Waals surface area contributed by atoms with Crippen molar-refractivity contribution in [2.45, 2.75) is 19.6 Å². The fourth-order valence-electron chi connectivity index (χ4n) is 1.11. The maximum Gasteiger partial charge on any atom is 0.407 e. The smallest absolute Gasteiger partial charge is 0.407 e. The van der Waals surface area contributed by atoms with Crippen LogP contribution in [0.1, 0.15) is 12.5 Å². The standard InChI is InChI=1S/C12H18N2O2/c1-10(13-2)8-14-12(15)16-9-11-6-4-3-5-7-11/h3-7,10,13H,8-9H2,1-2H3,(H,14,15)/t10-/m0/s1. The Balaban J connectivity index is 2.20. The molecule has 0 spiro atoms. The van der Waals surface area contributed by atoms with Crippen LogP contribution < -0.4 is 10.6 Å². The van der Waals surface area contributed by atoms with Gasteiger partial charge in [-0.1, -0.05) is 30.3 Å². The predicted octanol–water partition coefficient (Wildman–Crippen LogP) is 1.52. The molecule has 0 unspecified atom stereocenters. The summed E-state index contributed by atoms with van der Waals surface area (Å²) in [7, 11) is 1.85. The number of carbonyl (C=O) groups is 1. The first-order valence-corrected chi connectivity index (χ1v) is 5.34. The first-order valence-electron chi connectivity index (χ1n) is 5.34. The summed E-state index contributed by atoms with van der Waals surface area (Å²) in [5.41, 5.74) is 0.985. The summed E-state index contributed by atoms with van der Waals surface area (Å²) in [6.07, 6.45) is -0.383. The van der Waals surface area contributed by atoms with Crippen molar-refractivity contribution < 1.29 is 9.53 Å². The molecule has 4 nitrogen and oxygen atoms in total. The zero-order valence-electron chi connectivity index (χ0n) is 9.69. The molecule has 0 aliphatic rings. The summed E-state index contributed by atoms with van der Waals surface area (Å²) >= 11 is 0. The number of likely N-dealkylation sites (N-methyl/N-ethyl adjacent to an activating group) is 1. The quantitative estimate of drug-likeness (QED) is 0.794. The molecule has 1 rings (SSSR count). The number of alkyl carbamates (subject to hydrolysis) is 1. The number of hydrogen-bond acceptors (Lipinski definition) is 3. The normalized spacial score (nSPS) is 11.9. The molecule has 0 aliphatic heterocycles. The van der Waals surface area contributed by atoms with E-state index in [9.17, 15) is 4.79 Å². The summed E-state index contributed by atoms with van der Waals surface area (Å²) in [5, 5.41) is 5.70. The van der Waals surface area contributed by atoms with E-state index >= 15 is 0 Å². The Hall–Kier alpha value is -1.55. The zero-order valence-corrected chi connectivity index (χ0v) is 9.69. The van der Waals surface area contributed by atoms with Gasteiger partial charge in [0.2, 0.25) is 0 Å². The monoisotopic (exact) mass is 222 g/mol. The third-order valence-corrected chi connectivity index (χ3v) is 2.26. The molecule has 0 aromatic heterocycles. The van der Waals surface area contributed by atoms with Crippen LogP contribution in [-0.4, -0.2) is 25.7 Å². The van der Waals surface area contributed by atoms with Crippen molar-refractivity contribution in [2.24, 2.45) is 0 Å². The summed E-state index contributed by atoms with van der Waals surface area (Å²) in [6.45, 7) is 2.85. The lowest BCUT2D eigenvalue weighted by Gasteiger charge is -2.11. The molecule has 4 heteroatoms. The molecule has 2 N–H and O–H groups in total. The van der Waals surface area contributed by atoms with Crippen LogP contribution in [0, 0.1) is 0 Å². The molecule has 0 saturated heterocycles. The summed E-state index contributed by atoms with van der Waals surface area (Å²) in [6, 6.07) is 9.84. The van der Waals surface area contributed by atoms with E-state index in [-0.39, 0.29) is 12.1 Å². The maximum atomic E-state index is 11.3. The van der Waals surface area contributed by atoms with Crippen LogP contribution in [0.2, 0.25) is 0 Å². The highest BCUT2D eigenvalue weighted by Crippen LogP contribution is 2.00. The lowest BCUT2D eigenvalue weighted by atomic mass is 10.2. The Labute approximate surface area is 96.0 Å². The molecule has 1 aromatic rings. The van der Waals surface area contributed by atoms with Crippen molar-refractivity contribution in [1.82, 2.24) is 10.6 Å². The number of ether oxygens (including phenoxy) is 1. The van der Waals surface area contributed by atoms with E-state index < -0.39 is 0 Å². The van der Waals surface area contributed by atoms with E-state index in [1.165, 1.54) is 0 Å². The molecular formula is C12H18N2O2. The summed E-state index contributed by atoms with van der Waals surface area (Å²) < 4.78 is 5.05. The number of amides is 1. The maximum absolute atomic E-state index is 11.3. The predicted molar refractivity (Wildman–Crippen MR) is 63.2 cm³/mol. The zero-order chi connectivity index (χ0) is 11.8. The minimum atomic E-state index is -0.383. The van der Waals surface area contributed by atoms with Gasteiger partial charge in [0, 0.05) is 12.6 Å². The Kier molecular flexibility index (Phi) is 5.36. The Morgan fingerprint density at radius 3 is 2.69 bits per heavy atom. The molecule has 0 saturated carbocycles. The summed E-state index contributed by atoms with van der Waals surface area (Å²) in [4.78, 5) is 11.3. The van der Waals surface area contributed by atoms with Crippen LogP contribution >= 0.6 is 0 Å². The van der Waals surface area contributed by atoms with Gasteiger partial charge in [-0.05, 0) is 19.5 Å². The molecule has 1 amide bonds. The van der Waals surface area contributed by atoms with Gasteiger partial charge in [0.15, 0.2) is 0 Å². The minimum absolute atomic E-state index is 0.240. The van der Waals surface area contributed by atoms with Gasteiger partial charge in [-0.3, -0.25) is 0 Å². The lowest BCUT2D eigenvalue weighted by Crippen LogP contribution is -2.37. The van der Waals surface area contributed by atoms with Gasteiger partial charge in [-0.25, -0.2) is 4.79 Å². The second-order valence-corrected chi connectivity index (χ2v) is 3.63. The van der Waals surface area contributed by atoms with Gasteiger partial charge in [0.05, 0.1) is 0 Å². The molecule has 0 heterocycles. The topological polar surface area (TPSA) is 50.4 Å². The fourth-order valence-corrected chi connectivity index (χ4v) is 1.11. The van der Waals surface area contributed by atoms with Gasteiger partial charge >= 0.3 is 6.09 Å². The van der Waals surface area contributed by atoms with Crippen molar-refractivity contribution in [3.05, 3.63) is 35.9 Å². The number of benzene rings is 1. The van der Waals surface area contributed by atoms with Crippen molar-refractivity contribution in [2.75, 3.05) is 13.6 Å². The van der Waals surface area contributed by atoms with Gasteiger partial charge in [0.1, 0.15) is 6.61 Å². The van der Waals surface area contributed by atoms with E-state index in [1.807, 2.05) is 44.3 Å². The van der Waals surface area contributed by atoms with E-state index in [2.05, 4.69) is 10.6 Å². The molecule has 1 atom stereocenters. The number of hydrogen-bond donors (Lipinski definition) is 2. The highest BCUT2D eigenvalue weighted by atomic mass is 16.5. The van der Waals surface area contributed by atoms with Crippen LogP contribution in [0.15, 0.2) is 30.3 Å². The third-order valence-electron chi connectivity index (χ3n) is 2.26. The van der Waals surface area contributed by atoms with Gasteiger partial charge < -0.3 is 15.4 Å². The van der Waals surface area contributed by atoms with Gasteiger partial charge in [-0.2, -0.15) is 0 Å². The molecule has 0 radical (unpaired) electrons. The molecule has 16 heavy (non-hydrogen) atoms. The Morgan fingerprint density at radius 1 is 1.38 bits per heavy atom.